The molecule has 3 heterocycles. The molecule has 1 aromatic heterocycles. The molecule has 0 aliphatic carbocycles. The Morgan fingerprint density at radius 3 is 2.65 bits per heavy atom. The van der Waals surface area contributed by atoms with Crippen LogP contribution < -0.4 is 23.8 Å². The molecule has 1 amide bonds. The van der Waals surface area contributed by atoms with Gasteiger partial charge in [0.15, 0.2) is 27.3 Å². The van der Waals surface area contributed by atoms with E-state index in [1.807, 2.05) is 25.1 Å². The van der Waals surface area contributed by atoms with Gasteiger partial charge in [-0.2, -0.15) is 0 Å². The second kappa shape index (κ2) is 14.0. The molecule has 7 rings (SSSR count). The SMILES string of the molecule is C=CCOc1ccc(C2/C(=C(\O)c3ccc4c(c3)OCCO4)C(=O)C(=O)N2c2nnc(SCc3cccc4ccccc34)s2)cc1OCC. The molecule has 0 radical (unpaired) electrons. The van der Waals surface area contributed by atoms with E-state index in [1.54, 1.807) is 42.5 Å². The second-order valence-electron chi connectivity index (χ2n) is 11.0. The van der Waals surface area contributed by atoms with Gasteiger partial charge in [0.25, 0.3) is 5.78 Å². The van der Waals surface area contributed by atoms with Gasteiger partial charge >= 0.3 is 5.91 Å². The predicted molar refractivity (Wildman–Crippen MR) is 189 cm³/mol. The third-order valence-corrected chi connectivity index (χ3v) is 10.1. The van der Waals surface area contributed by atoms with Gasteiger partial charge in [-0.15, -0.1) is 10.2 Å². The molecular formula is C37H31N3O7S2. The van der Waals surface area contributed by atoms with Crippen LogP contribution in [0.4, 0.5) is 5.13 Å². The molecule has 0 bridgehead atoms. The Labute approximate surface area is 290 Å². The summed E-state index contributed by atoms with van der Waals surface area (Å²) in [5, 5.41) is 23.0. The van der Waals surface area contributed by atoms with Crippen LogP contribution in [0.1, 0.15) is 29.7 Å². The van der Waals surface area contributed by atoms with Crippen LogP contribution >= 0.6 is 23.1 Å². The fourth-order valence-corrected chi connectivity index (χ4v) is 7.71. The molecule has 0 spiro atoms. The van der Waals surface area contributed by atoms with Gasteiger partial charge in [0.2, 0.25) is 5.13 Å². The number of rotatable bonds is 11. The maximum atomic E-state index is 13.9. The highest BCUT2D eigenvalue weighted by atomic mass is 32.2. The maximum Gasteiger partial charge on any atom is 0.301 e. The minimum atomic E-state index is -1.05. The number of benzene rings is 4. The highest BCUT2D eigenvalue weighted by molar-refractivity contribution is 8.00. The summed E-state index contributed by atoms with van der Waals surface area (Å²) in [5.74, 6) is 0.416. The van der Waals surface area contributed by atoms with Crippen LogP contribution in [0.3, 0.4) is 0 Å². The number of hydrogen-bond donors (Lipinski definition) is 1. The van der Waals surface area contributed by atoms with Gasteiger partial charge in [-0.05, 0) is 59.2 Å². The van der Waals surface area contributed by atoms with Crippen molar-refractivity contribution in [3.05, 3.63) is 114 Å². The van der Waals surface area contributed by atoms with E-state index in [2.05, 4.69) is 41.0 Å². The number of carbonyl (C=O) groups is 2. The van der Waals surface area contributed by atoms with E-state index in [0.717, 1.165) is 16.3 Å². The number of ketones is 1. The van der Waals surface area contributed by atoms with Gasteiger partial charge in [0.1, 0.15) is 25.6 Å². The largest absolute Gasteiger partial charge is 0.507 e. The molecule has 10 nitrogen and oxygen atoms in total. The average molecular weight is 694 g/mol. The molecule has 49 heavy (non-hydrogen) atoms. The zero-order valence-electron chi connectivity index (χ0n) is 26.5. The predicted octanol–water partition coefficient (Wildman–Crippen LogP) is 7.34. The van der Waals surface area contributed by atoms with Gasteiger partial charge in [-0.3, -0.25) is 14.5 Å². The highest BCUT2D eigenvalue weighted by Crippen LogP contribution is 2.46. The van der Waals surface area contributed by atoms with E-state index in [9.17, 15) is 14.7 Å². The van der Waals surface area contributed by atoms with E-state index in [4.69, 9.17) is 18.9 Å². The van der Waals surface area contributed by atoms with Crippen LogP contribution in [0, 0.1) is 0 Å². The fraction of sp³-hybridized carbons (Fsp3) is 0.189. The van der Waals surface area contributed by atoms with Crippen LogP contribution in [0.2, 0.25) is 0 Å². The number of anilines is 1. The van der Waals surface area contributed by atoms with Gasteiger partial charge in [-0.1, -0.05) is 84.3 Å². The lowest BCUT2D eigenvalue weighted by molar-refractivity contribution is -0.132. The molecule has 1 fully saturated rings. The Hall–Kier alpha value is -5.33. The first-order chi connectivity index (χ1) is 24.0. The van der Waals surface area contributed by atoms with Crippen molar-refractivity contribution in [2.24, 2.45) is 0 Å². The summed E-state index contributed by atoms with van der Waals surface area (Å²) in [5.41, 5.74) is 1.84. The summed E-state index contributed by atoms with van der Waals surface area (Å²) in [6.07, 6.45) is 1.62. The van der Waals surface area contributed by atoms with Crippen molar-refractivity contribution in [1.82, 2.24) is 10.2 Å². The van der Waals surface area contributed by atoms with Crippen molar-refractivity contribution in [3.8, 4) is 23.0 Å². The normalized spacial score (nSPS) is 16.6. The van der Waals surface area contributed by atoms with E-state index < -0.39 is 17.7 Å². The first kappa shape index (κ1) is 32.2. The Balaban J connectivity index is 1.29. The summed E-state index contributed by atoms with van der Waals surface area (Å²) in [6.45, 7) is 6.91. The summed E-state index contributed by atoms with van der Waals surface area (Å²) in [6, 6.07) is 23.3. The fourth-order valence-electron chi connectivity index (χ4n) is 5.84. The molecule has 0 saturated carbocycles. The Morgan fingerprint density at radius 1 is 1.00 bits per heavy atom. The third-order valence-electron chi connectivity index (χ3n) is 8.03. The summed E-state index contributed by atoms with van der Waals surface area (Å²) in [4.78, 5) is 29.0. The molecule has 1 N–H and O–H groups in total. The first-order valence-electron chi connectivity index (χ1n) is 15.6. The molecule has 5 aromatic rings. The molecule has 248 valence electrons. The van der Waals surface area contributed by atoms with Crippen molar-refractivity contribution in [1.29, 1.82) is 0 Å². The molecule has 1 atom stereocenters. The van der Waals surface area contributed by atoms with Crippen molar-refractivity contribution in [2.45, 2.75) is 23.1 Å². The standard InChI is InChI=1S/C37H31N3O7S2/c1-3-16-45-27-14-12-23(19-29(27)44-4-2)32-31(33(41)24-13-15-28-30(20-24)47-18-17-46-28)34(42)35(43)40(32)36-38-39-37(49-36)48-21-25-10-7-9-22-8-5-6-11-26(22)25/h3,5-15,19-20,32,41H,1,4,16-18,21H2,2H3/b33-31+. The van der Waals surface area contributed by atoms with Crippen molar-refractivity contribution >= 4 is 56.5 Å². The number of hydrogen-bond acceptors (Lipinski definition) is 11. The Bertz CT molecular complexity index is 2110. The number of ether oxygens (including phenoxy) is 4. The number of carbonyl (C=O) groups excluding carboxylic acids is 2. The number of Topliss-reactive ketones (excluding diaryl/α,β-unsaturated/α-hetero) is 1. The van der Waals surface area contributed by atoms with Crippen molar-refractivity contribution < 1.29 is 33.6 Å². The van der Waals surface area contributed by atoms with E-state index in [-0.39, 0.29) is 23.1 Å². The summed E-state index contributed by atoms with van der Waals surface area (Å²) >= 11 is 2.69. The second-order valence-corrected chi connectivity index (χ2v) is 13.2. The Morgan fingerprint density at radius 2 is 1.82 bits per heavy atom. The first-order valence-corrected chi connectivity index (χ1v) is 17.4. The van der Waals surface area contributed by atoms with Gasteiger partial charge in [0, 0.05) is 11.3 Å². The minimum absolute atomic E-state index is 0.107. The number of aliphatic hydroxyl groups is 1. The topological polar surface area (TPSA) is 120 Å². The quantitative estimate of drug-likeness (QED) is 0.0376. The molecule has 2 aliphatic heterocycles. The van der Waals surface area contributed by atoms with Crippen LogP contribution in [-0.2, 0) is 15.3 Å². The van der Waals surface area contributed by atoms with Crippen molar-refractivity contribution in [3.63, 3.8) is 0 Å². The van der Waals surface area contributed by atoms with Crippen LogP contribution in [-0.4, -0.2) is 53.4 Å². The zero-order chi connectivity index (χ0) is 33.9. The van der Waals surface area contributed by atoms with Crippen molar-refractivity contribution in [2.75, 3.05) is 31.3 Å². The average Bonchev–Trinajstić information content (AvgIpc) is 3.71. The summed E-state index contributed by atoms with van der Waals surface area (Å²) in [7, 11) is 0. The maximum absolute atomic E-state index is 13.9. The molecular weight excluding hydrogens is 663 g/mol. The van der Waals surface area contributed by atoms with Crippen LogP contribution in [0.15, 0.2) is 101 Å². The number of aliphatic hydroxyl groups excluding tert-OH is 1. The molecule has 4 aromatic carbocycles. The lowest BCUT2D eigenvalue weighted by Gasteiger charge is -2.24. The minimum Gasteiger partial charge on any atom is -0.507 e. The molecule has 1 unspecified atom stereocenters. The molecule has 2 aliphatic rings. The van der Waals surface area contributed by atoms with E-state index >= 15 is 0 Å². The third kappa shape index (κ3) is 6.32. The number of nitrogens with zero attached hydrogens (tertiary/aromatic N) is 3. The van der Waals surface area contributed by atoms with Gasteiger partial charge < -0.3 is 24.1 Å². The Kier molecular flexibility index (Phi) is 9.23. The number of amides is 1. The van der Waals surface area contributed by atoms with Crippen LogP contribution in [0.5, 0.6) is 23.0 Å². The smallest absolute Gasteiger partial charge is 0.301 e. The summed E-state index contributed by atoms with van der Waals surface area (Å²) < 4.78 is 23.7. The lowest BCUT2D eigenvalue weighted by atomic mass is 9.95. The highest BCUT2D eigenvalue weighted by Gasteiger charge is 2.48. The number of thioether (sulfide) groups is 1. The lowest BCUT2D eigenvalue weighted by Crippen LogP contribution is -2.29. The van der Waals surface area contributed by atoms with Crippen LogP contribution in [0.25, 0.3) is 16.5 Å². The number of fused-ring (bicyclic) bond motifs is 2. The monoisotopic (exact) mass is 693 g/mol. The van der Waals surface area contributed by atoms with E-state index in [0.29, 0.717) is 64.0 Å². The van der Waals surface area contributed by atoms with Gasteiger partial charge in [-0.25, -0.2) is 0 Å². The number of aromatic nitrogens is 2. The van der Waals surface area contributed by atoms with Gasteiger partial charge in [0.05, 0.1) is 18.2 Å². The molecule has 12 heteroatoms. The van der Waals surface area contributed by atoms with E-state index in [1.165, 1.54) is 28.0 Å². The molecule has 1 saturated heterocycles. The zero-order valence-corrected chi connectivity index (χ0v) is 28.1.